The molecule has 0 saturated heterocycles. The average Bonchev–Trinajstić information content (AvgIpc) is 2.48. The summed E-state index contributed by atoms with van der Waals surface area (Å²) < 4.78 is 5.67. The van der Waals surface area contributed by atoms with Gasteiger partial charge in [-0.2, -0.15) is 0 Å². The van der Waals surface area contributed by atoms with Crippen molar-refractivity contribution in [3.05, 3.63) is 42.5 Å². The molecule has 0 aromatic heterocycles. The van der Waals surface area contributed by atoms with Gasteiger partial charge in [-0.1, -0.05) is 0 Å². The fourth-order valence-electron chi connectivity index (χ4n) is 2.14. The Kier molecular flexibility index (Phi) is 3.39. The van der Waals surface area contributed by atoms with Gasteiger partial charge in [0.2, 0.25) is 0 Å². The van der Waals surface area contributed by atoms with Crippen molar-refractivity contribution >= 4 is 28.6 Å². The van der Waals surface area contributed by atoms with Crippen molar-refractivity contribution in [3.63, 3.8) is 0 Å². The molecule has 2 aromatic carbocycles. The van der Waals surface area contributed by atoms with Crippen molar-refractivity contribution in [2.24, 2.45) is 4.99 Å². The van der Waals surface area contributed by atoms with E-state index in [4.69, 9.17) is 10.5 Å². The van der Waals surface area contributed by atoms with Crippen molar-refractivity contribution in [2.45, 2.75) is 0 Å². The first-order valence-electron chi connectivity index (χ1n) is 6.76. The van der Waals surface area contributed by atoms with Crippen molar-refractivity contribution in [2.75, 3.05) is 36.7 Å². The van der Waals surface area contributed by atoms with Crippen LogP contribution in [0.15, 0.2) is 47.5 Å². The molecule has 3 rings (SSSR count). The number of hydrogen-bond acceptors (Lipinski definition) is 5. The Balaban J connectivity index is 1.78. The molecular formula is C16H18N4O. The normalized spacial score (nSPS) is 13.0. The third-order valence-corrected chi connectivity index (χ3v) is 3.28. The predicted molar refractivity (Wildman–Crippen MR) is 87.8 cm³/mol. The molecule has 3 N–H and O–H groups in total. The maximum Gasteiger partial charge on any atom is 0.147 e. The lowest BCUT2D eigenvalue weighted by Gasteiger charge is -2.19. The van der Waals surface area contributed by atoms with Gasteiger partial charge in [-0.05, 0) is 36.4 Å². The molecule has 5 nitrogen and oxygen atoms in total. The third-order valence-electron chi connectivity index (χ3n) is 3.28. The van der Waals surface area contributed by atoms with Crippen LogP contribution in [0.3, 0.4) is 0 Å². The Morgan fingerprint density at radius 1 is 1.14 bits per heavy atom. The number of fused-ring (bicyclic) bond motifs is 1. The summed E-state index contributed by atoms with van der Waals surface area (Å²) in [7, 11) is 4.04. The van der Waals surface area contributed by atoms with Crippen molar-refractivity contribution in [1.29, 1.82) is 0 Å². The summed E-state index contributed by atoms with van der Waals surface area (Å²) in [6, 6.07) is 13.6. The molecule has 0 amide bonds. The molecule has 21 heavy (non-hydrogen) atoms. The zero-order valence-corrected chi connectivity index (χ0v) is 12.1. The molecule has 0 aliphatic carbocycles. The van der Waals surface area contributed by atoms with Crippen molar-refractivity contribution in [1.82, 2.24) is 0 Å². The number of nitrogens with one attached hydrogen (secondary N) is 1. The smallest absolute Gasteiger partial charge is 0.147 e. The summed E-state index contributed by atoms with van der Waals surface area (Å²) in [6.07, 6.45) is 0. The molecule has 0 spiro atoms. The van der Waals surface area contributed by atoms with Gasteiger partial charge in [-0.15, -0.1) is 0 Å². The van der Waals surface area contributed by atoms with Crippen LogP contribution in [0.5, 0.6) is 5.75 Å². The second kappa shape index (κ2) is 5.36. The van der Waals surface area contributed by atoms with E-state index in [9.17, 15) is 0 Å². The minimum absolute atomic E-state index is 0.409. The summed E-state index contributed by atoms with van der Waals surface area (Å²) >= 11 is 0. The number of aliphatic imine (C=N–C) groups is 1. The third kappa shape index (κ3) is 2.91. The quantitative estimate of drug-likeness (QED) is 0.831. The van der Waals surface area contributed by atoms with Crippen LogP contribution in [0.25, 0.3) is 0 Å². The van der Waals surface area contributed by atoms with Crippen molar-refractivity contribution < 1.29 is 4.74 Å². The van der Waals surface area contributed by atoms with Crippen LogP contribution >= 0.6 is 0 Å². The van der Waals surface area contributed by atoms with Gasteiger partial charge in [-0.3, -0.25) is 0 Å². The number of rotatable bonds is 2. The maximum atomic E-state index is 5.73. The van der Waals surface area contributed by atoms with Crippen LogP contribution in [0.2, 0.25) is 0 Å². The lowest BCUT2D eigenvalue weighted by atomic mass is 10.2. The molecule has 0 saturated carbocycles. The van der Waals surface area contributed by atoms with Crippen LogP contribution in [-0.2, 0) is 0 Å². The summed E-state index contributed by atoms with van der Waals surface area (Å²) in [6.45, 7) is 0.409. The van der Waals surface area contributed by atoms with E-state index < -0.39 is 0 Å². The van der Waals surface area contributed by atoms with E-state index in [1.54, 1.807) is 6.07 Å². The second-order valence-corrected chi connectivity index (χ2v) is 5.14. The van der Waals surface area contributed by atoms with E-state index in [-0.39, 0.29) is 0 Å². The first-order valence-corrected chi connectivity index (χ1v) is 6.76. The van der Waals surface area contributed by atoms with Gasteiger partial charge < -0.3 is 20.7 Å². The molecule has 5 heteroatoms. The van der Waals surface area contributed by atoms with Gasteiger partial charge in [0.15, 0.2) is 0 Å². The minimum Gasteiger partial charge on any atom is -0.483 e. The molecule has 0 radical (unpaired) electrons. The Bertz CT molecular complexity index is 677. The molecule has 108 valence electrons. The molecule has 0 bridgehead atoms. The minimum atomic E-state index is 0.409. The van der Waals surface area contributed by atoms with Crippen LogP contribution in [-0.4, -0.2) is 26.5 Å². The van der Waals surface area contributed by atoms with E-state index in [0.29, 0.717) is 12.3 Å². The fourth-order valence-corrected chi connectivity index (χ4v) is 2.14. The number of anilines is 3. The topological polar surface area (TPSA) is 62.9 Å². The number of nitrogens with zero attached hydrogens (tertiary/aromatic N) is 2. The van der Waals surface area contributed by atoms with E-state index in [1.165, 1.54) is 0 Å². The number of amidine groups is 1. The monoisotopic (exact) mass is 282 g/mol. The van der Waals surface area contributed by atoms with Gasteiger partial charge in [-0.25, -0.2) is 4.99 Å². The SMILES string of the molecule is CN(C)c1ccc(NC2=Nc3ccc(N)cc3OC2)cc1. The van der Waals surface area contributed by atoms with Gasteiger partial charge in [0.25, 0.3) is 0 Å². The first kappa shape index (κ1) is 13.3. The zero-order chi connectivity index (χ0) is 14.8. The fraction of sp³-hybridized carbons (Fsp3) is 0.188. The van der Waals surface area contributed by atoms with E-state index >= 15 is 0 Å². The van der Waals surface area contributed by atoms with E-state index in [2.05, 4.69) is 27.3 Å². The Hall–Kier alpha value is -2.69. The predicted octanol–water partition coefficient (Wildman–Crippen LogP) is 2.87. The van der Waals surface area contributed by atoms with Crippen LogP contribution in [0, 0.1) is 0 Å². The lowest BCUT2D eigenvalue weighted by Crippen LogP contribution is -2.23. The largest absolute Gasteiger partial charge is 0.483 e. The standard InChI is InChI=1S/C16H18N4O/c1-20(2)13-6-4-12(5-7-13)18-16-10-21-15-9-11(17)3-8-14(15)19-16/h3-9H,10,17H2,1-2H3,(H,18,19). The van der Waals surface area contributed by atoms with Crippen LogP contribution in [0.1, 0.15) is 0 Å². The zero-order valence-electron chi connectivity index (χ0n) is 12.1. The van der Waals surface area contributed by atoms with Crippen LogP contribution < -0.4 is 20.7 Å². The van der Waals surface area contributed by atoms with Gasteiger partial charge in [0, 0.05) is 37.2 Å². The van der Waals surface area contributed by atoms with Crippen molar-refractivity contribution in [3.8, 4) is 5.75 Å². The van der Waals surface area contributed by atoms with Gasteiger partial charge in [0.1, 0.15) is 23.9 Å². The Morgan fingerprint density at radius 2 is 1.90 bits per heavy atom. The highest BCUT2D eigenvalue weighted by atomic mass is 16.5. The lowest BCUT2D eigenvalue weighted by molar-refractivity contribution is 0.372. The second-order valence-electron chi connectivity index (χ2n) is 5.14. The average molecular weight is 282 g/mol. The number of nitrogens with two attached hydrogens (primary N) is 1. The number of ether oxygens (including phenoxy) is 1. The van der Waals surface area contributed by atoms with Gasteiger partial charge >= 0.3 is 0 Å². The van der Waals surface area contributed by atoms with E-state index in [1.807, 2.05) is 38.4 Å². The summed E-state index contributed by atoms with van der Waals surface area (Å²) in [5.41, 5.74) is 9.35. The maximum absolute atomic E-state index is 5.73. The number of nitrogen functional groups attached to an aromatic ring is 1. The molecule has 1 heterocycles. The number of benzene rings is 2. The Morgan fingerprint density at radius 3 is 2.62 bits per heavy atom. The van der Waals surface area contributed by atoms with Crippen LogP contribution in [0.4, 0.5) is 22.7 Å². The molecule has 2 aromatic rings. The summed E-state index contributed by atoms with van der Waals surface area (Å²) in [5, 5.41) is 3.28. The molecule has 1 aliphatic heterocycles. The molecule has 0 atom stereocenters. The molecule has 0 unspecified atom stereocenters. The highest BCUT2D eigenvalue weighted by molar-refractivity contribution is 5.99. The summed E-state index contributed by atoms with van der Waals surface area (Å²) in [4.78, 5) is 6.62. The highest BCUT2D eigenvalue weighted by Crippen LogP contribution is 2.32. The van der Waals surface area contributed by atoms with E-state index in [0.717, 1.165) is 28.6 Å². The molecule has 1 aliphatic rings. The highest BCUT2D eigenvalue weighted by Gasteiger charge is 2.13. The summed E-state index contributed by atoms with van der Waals surface area (Å²) in [5.74, 6) is 1.51. The van der Waals surface area contributed by atoms with Gasteiger partial charge in [0.05, 0.1) is 0 Å². The molecule has 0 fully saturated rings. The first-order chi connectivity index (χ1) is 10.1. The Labute approximate surface area is 124 Å². The number of hydrogen-bond donors (Lipinski definition) is 2. The molecular weight excluding hydrogens is 264 g/mol.